The highest BCUT2D eigenvalue weighted by Gasteiger charge is 2.23. The average Bonchev–Trinajstić information content (AvgIpc) is 2.38. The van der Waals surface area contributed by atoms with Crippen LogP contribution in [0.4, 0.5) is 0 Å². The second kappa shape index (κ2) is 7.95. The van der Waals surface area contributed by atoms with Gasteiger partial charge in [0.05, 0.1) is 12.5 Å². The van der Waals surface area contributed by atoms with Gasteiger partial charge in [0.2, 0.25) is 5.91 Å². The van der Waals surface area contributed by atoms with Crippen molar-refractivity contribution >= 4 is 17.7 Å². The second-order valence-corrected chi connectivity index (χ2v) is 5.47. The van der Waals surface area contributed by atoms with Crippen molar-refractivity contribution in [2.75, 3.05) is 32.5 Å². The largest absolute Gasteiger partial charge is 0.377 e. The Hall–Kier alpha value is -0.260. The van der Waals surface area contributed by atoms with Crippen LogP contribution in [0.5, 0.6) is 0 Å². The van der Waals surface area contributed by atoms with Gasteiger partial charge in [-0.3, -0.25) is 4.79 Å². The third-order valence-electron chi connectivity index (χ3n) is 3.20. The summed E-state index contributed by atoms with van der Waals surface area (Å²) in [5.41, 5.74) is 5.58. The van der Waals surface area contributed by atoms with Crippen molar-refractivity contribution in [2.24, 2.45) is 5.73 Å². The molecule has 0 aromatic heterocycles. The average molecular weight is 260 g/mol. The van der Waals surface area contributed by atoms with Crippen LogP contribution in [0.2, 0.25) is 0 Å². The molecule has 0 aromatic carbocycles. The minimum Gasteiger partial charge on any atom is -0.377 e. The third-order valence-corrected chi connectivity index (χ3v) is 4.33. The van der Waals surface area contributed by atoms with Gasteiger partial charge in [0, 0.05) is 31.5 Å². The van der Waals surface area contributed by atoms with Gasteiger partial charge in [-0.2, -0.15) is 11.8 Å². The number of likely N-dealkylation sites (tertiary alicyclic amines) is 1. The minimum absolute atomic E-state index is 0.120. The first-order valence-electron chi connectivity index (χ1n) is 6.33. The maximum atomic E-state index is 12.0. The SMILES string of the molecule is CCOC(CN)CC(=O)N1CCC(SC)CC1. The van der Waals surface area contributed by atoms with Gasteiger partial charge in [0.25, 0.3) is 0 Å². The molecule has 2 N–H and O–H groups in total. The van der Waals surface area contributed by atoms with Gasteiger partial charge in [0.15, 0.2) is 0 Å². The molecule has 1 aliphatic rings. The van der Waals surface area contributed by atoms with Crippen molar-refractivity contribution in [1.29, 1.82) is 0 Å². The molecule has 1 heterocycles. The molecule has 1 aliphatic heterocycles. The molecule has 1 unspecified atom stereocenters. The van der Waals surface area contributed by atoms with E-state index in [0.29, 0.717) is 19.6 Å². The van der Waals surface area contributed by atoms with Gasteiger partial charge >= 0.3 is 0 Å². The van der Waals surface area contributed by atoms with E-state index < -0.39 is 0 Å². The Morgan fingerprint density at radius 1 is 1.53 bits per heavy atom. The Bertz CT molecular complexity index is 231. The number of hydrogen-bond acceptors (Lipinski definition) is 4. The Labute approximate surface area is 108 Å². The van der Waals surface area contributed by atoms with Crippen molar-refractivity contribution in [2.45, 2.75) is 37.5 Å². The maximum Gasteiger partial charge on any atom is 0.225 e. The monoisotopic (exact) mass is 260 g/mol. The molecule has 1 saturated heterocycles. The molecule has 0 aromatic rings. The molecule has 0 aliphatic carbocycles. The smallest absolute Gasteiger partial charge is 0.225 e. The molecule has 5 heteroatoms. The number of amides is 1. The first-order chi connectivity index (χ1) is 8.21. The van der Waals surface area contributed by atoms with Crippen molar-refractivity contribution in [1.82, 2.24) is 4.90 Å². The second-order valence-electron chi connectivity index (χ2n) is 4.33. The van der Waals surface area contributed by atoms with Crippen LogP contribution in [0, 0.1) is 0 Å². The zero-order chi connectivity index (χ0) is 12.7. The number of hydrogen-bond donors (Lipinski definition) is 1. The van der Waals surface area contributed by atoms with Crippen LogP contribution in [0.3, 0.4) is 0 Å². The number of ether oxygens (including phenoxy) is 1. The van der Waals surface area contributed by atoms with E-state index in [0.717, 1.165) is 31.2 Å². The predicted octanol–water partition coefficient (Wildman–Crippen LogP) is 1.09. The Kier molecular flexibility index (Phi) is 6.92. The summed E-state index contributed by atoms with van der Waals surface area (Å²) >= 11 is 1.90. The van der Waals surface area contributed by atoms with Crippen LogP contribution in [0.25, 0.3) is 0 Å². The number of nitrogens with two attached hydrogens (primary N) is 1. The highest BCUT2D eigenvalue weighted by atomic mass is 32.2. The molecule has 0 saturated carbocycles. The lowest BCUT2D eigenvalue weighted by Gasteiger charge is -2.32. The topological polar surface area (TPSA) is 55.6 Å². The molecular weight excluding hydrogens is 236 g/mol. The lowest BCUT2D eigenvalue weighted by atomic mass is 10.1. The minimum atomic E-state index is -0.120. The molecule has 1 amide bonds. The fourth-order valence-corrected chi connectivity index (χ4v) is 2.79. The molecule has 17 heavy (non-hydrogen) atoms. The number of carbonyl (C=O) groups excluding carboxylic acids is 1. The van der Waals surface area contributed by atoms with Crippen molar-refractivity contribution in [3.63, 3.8) is 0 Å². The van der Waals surface area contributed by atoms with Crippen LogP contribution < -0.4 is 5.73 Å². The van der Waals surface area contributed by atoms with Crippen LogP contribution in [-0.4, -0.2) is 54.7 Å². The summed E-state index contributed by atoms with van der Waals surface area (Å²) in [5, 5.41) is 0.719. The number of nitrogens with zero attached hydrogens (tertiary/aromatic N) is 1. The Morgan fingerprint density at radius 2 is 2.18 bits per heavy atom. The predicted molar refractivity (Wildman–Crippen MR) is 72.2 cm³/mol. The van der Waals surface area contributed by atoms with E-state index in [1.54, 1.807) is 0 Å². The van der Waals surface area contributed by atoms with Crippen molar-refractivity contribution < 1.29 is 9.53 Å². The standard InChI is InChI=1S/C12H24N2O2S/c1-3-16-10(9-13)8-12(15)14-6-4-11(17-2)5-7-14/h10-11H,3-9,13H2,1-2H3. The van der Waals surface area contributed by atoms with Gasteiger partial charge in [-0.1, -0.05) is 0 Å². The highest BCUT2D eigenvalue weighted by Crippen LogP contribution is 2.21. The lowest BCUT2D eigenvalue weighted by Crippen LogP contribution is -2.41. The third kappa shape index (κ3) is 4.85. The molecule has 0 radical (unpaired) electrons. The first-order valence-corrected chi connectivity index (χ1v) is 7.62. The zero-order valence-corrected chi connectivity index (χ0v) is 11.7. The maximum absolute atomic E-state index is 12.0. The molecule has 1 atom stereocenters. The summed E-state index contributed by atoms with van der Waals surface area (Å²) in [5.74, 6) is 0.188. The van der Waals surface area contributed by atoms with Crippen LogP contribution in [0.15, 0.2) is 0 Å². The van der Waals surface area contributed by atoms with E-state index in [1.165, 1.54) is 0 Å². The molecule has 0 bridgehead atoms. The van der Waals surface area contributed by atoms with Gasteiger partial charge in [0.1, 0.15) is 0 Å². The van der Waals surface area contributed by atoms with Crippen LogP contribution in [-0.2, 0) is 9.53 Å². The normalized spacial score (nSPS) is 19.4. The van der Waals surface area contributed by atoms with E-state index in [-0.39, 0.29) is 12.0 Å². The van der Waals surface area contributed by atoms with E-state index in [1.807, 2.05) is 23.6 Å². The quantitative estimate of drug-likeness (QED) is 0.777. The van der Waals surface area contributed by atoms with Crippen molar-refractivity contribution in [3.8, 4) is 0 Å². The number of carbonyl (C=O) groups is 1. The van der Waals surface area contributed by atoms with Crippen LogP contribution in [0.1, 0.15) is 26.2 Å². The van der Waals surface area contributed by atoms with Gasteiger partial charge in [-0.15, -0.1) is 0 Å². The molecule has 100 valence electrons. The fraction of sp³-hybridized carbons (Fsp3) is 0.917. The summed E-state index contributed by atoms with van der Waals surface area (Å²) in [7, 11) is 0. The van der Waals surface area contributed by atoms with Gasteiger partial charge in [-0.25, -0.2) is 0 Å². The number of thioether (sulfide) groups is 1. The summed E-state index contributed by atoms with van der Waals surface area (Å²) in [4.78, 5) is 14.0. The number of piperidine rings is 1. The summed E-state index contributed by atoms with van der Waals surface area (Å²) in [6.07, 6.45) is 4.66. The fourth-order valence-electron chi connectivity index (χ4n) is 2.11. The number of rotatable bonds is 6. The summed E-state index contributed by atoms with van der Waals surface area (Å²) in [6.45, 7) is 4.73. The first kappa shape index (κ1) is 14.8. The molecular formula is C12H24N2O2S. The zero-order valence-electron chi connectivity index (χ0n) is 10.9. The van der Waals surface area contributed by atoms with Gasteiger partial charge in [-0.05, 0) is 26.0 Å². The van der Waals surface area contributed by atoms with E-state index >= 15 is 0 Å². The van der Waals surface area contributed by atoms with Crippen LogP contribution >= 0.6 is 11.8 Å². The molecule has 0 spiro atoms. The lowest BCUT2D eigenvalue weighted by molar-refractivity contribution is -0.134. The molecule has 4 nitrogen and oxygen atoms in total. The van der Waals surface area contributed by atoms with E-state index in [4.69, 9.17) is 10.5 Å². The molecule has 1 fully saturated rings. The Balaban J connectivity index is 2.32. The summed E-state index contributed by atoms with van der Waals surface area (Å²) in [6, 6.07) is 0. The summed E-state index contributed by atoms with van der Waals surface area (Å²) < 4.78 is 5.42. The molecule has 1 rings (SSSR count). The Morgan fingerprint density at radius 3 is 2.65 bits per heavy atom. The highest BCUT2D eigenvalue weighted by molar-refractivity contribution is 7.99. The van der Waals surface area contributed by atoms with E-state index in [9.17, 15) is 4.79 Å². The van der Waals surface area contributed by atoms with Gasteiger partial charge < -0.3 is 15.4 Å². The van der Waals surface area contributed by atoms with Crippen molar-refractivity contribution in [3.05, 3.63) is 0 Å². The van der Waals surface area contributed by atoms with E-state index in [2.05, 4.69) is 6.26 Å².